The number of anilines is 4. The molecule has 1 amide bonds. The number of benzene rings is 4. The molecule has 22 heteroatoms. The molecule has 380 valence electrons. The Morgan fingerprint density at radius 3 is 1.67 bits per heavy atom. The summed E-state index contributed by atoms with van der Waals surface area (Å²) in [5.74, 6) is -2.62. The number of aliphatic hydroxyl groups is 4. The molecule has 4 aromatic carbocycles. The molecule has 69 heavy (non-hydrogen) atoms. The second kappa shape index (κ2) is 35.5. The van der Waals surface area contributed by atoms with Crippen molar-refractivity contribution in [1.82, 2.24) is 0 Å². The summed E-state index contributed by atoms with van der Waals surface area (Å²) in [6.45, 7) is 12.0. The average molecular weight is 991 g/mol. The van der Waals surface area contributed by atoms with Gasteiger partial charge >= 0.3 is 16.9 Å². The highest BCUT2D eigenvalue weighted by Gasteiger charge is 2.30. The largest absolute Gasteiger partial charge is 0.459 e. The fraction of sp³-hybridized carbons (Fsp3) is 0.404. The molecule has 20 nitrogen and oxygen atoms in total. The summed E-state index contributed by atoms with van der Waals surface area (Å²) >= 11 is 4.69. The summed E-state index contributed by atoms with van der Waals surface area (Å²) in [5, 5.41) is 59.8. The smallest absolute Gasteiger partial charge is 0.391 e. The molecular weight excluding hydrogens is 925 g/mol. The van der Waals surface area contributed by atoms with Gasteiger partial charge in [0.25, 0.3) is 11.6 Å². The Kier molecular flexibility index (Phi) is 32.1. The van der Waals surface area contributed by atoms with Crippen LogP contribution < -0.4 is 27.0 Å². The SMILES string of the molecule is CCOC(=O)C(=O)Cl.Cc1ccc(F)c([N+](=O)[O-])c1.Cc1ccc(NCCCO)c(N)c1.Cc1ccc(NCCCO)c([N+](=O)[O-])c1.Cc1ccc2c(c1)CC(=O)C(=O)N2CCCO.NCCCO. The standard InChI is InChI=1S/C13H15NO3.C10H14N2O3.C10H16N2O.C7H6FNO2.C4H5ClO3.C3H9NO/c1-9-3-4-11-10(7-9)8-12(16)13(17)14(11)5-2-6-15;1-8-3-4-9(11-5-2-6-13)10(7-8)12(14)15;1-8-3-4-10(9(11)7-8)12-5-2-6-13;1-5-2-3-6(8)7(4-5)9(10)11;1-2-8-4(7)3(5)6;4-2-1-3-5/h3-4,7,15H,2,5-6,8H2,1H3;3-4,7,11,13H,2,5-6H2,1H3;3-4,7,12-13H,2,5-6,11H2,1H3;2-4H,1H3;2H2,1H3;5H,1-4H2. The number of hydrogen-bond acceptors (Lipinski definition) is 17. The number of fused-ring (bicyclic) bond motifs is 1. The number of carbonyl (C=O) groups is 4. The van der Waals surface area contributed by atoms with Gasteiger partial charge in [-0.25, -0.2) is 4.79 Å². The molecular formula is C47H65ClFN7O13. The number of ether oxygens (including phenoxy) is 1. The minimum absolute atomic E-state index is 0.0131. The van der Waals surface area contributed by atoms with E-state index in [1.54, 1.807) is 19.9 Å². The van der Waals surface area contributed by atoms with Gasteiger partial charge in [0.1, 0.15) is 5.69 Å². The first-order chi connectivity index (χ1) is 32.7. The number of Topliss-reactive ketones (excluding diaryl/α,β-unsaturated/α-hetero) is 1. The quantitative estimate of drug-likeness (QED) is 0.0122. The number of nitro groups is 2. The third-order valence-electron chi connectivity index (χ3n) is 8.85. The van der Waals surface area contributed by atoms with Crippen LogP contribution in [0.25, 0.3) is 0 Å². The lowest BCUT2D eigenvalue weighted by Gasteiger charge is -2.28. The molecule has 0 unspecified atom stereocenters. The minimum Gasteiger partial charge on any atom is -0.459 e. The van der Waals surface area contributed by atoms with Crippen molar-refractivity contribution in [2.45, 2.75) is 66.7 Å². The molecule has 0 radical (unpaired) electrons. The normalized spacial score (nSPS) is 10.9. The Bertz CT molecular complexity index is 2250. The topological polar surface area (TPSA) is 324 Å². The van der Waals surface area contributed by atoms with Crippen LogP contribution in [0.5, 0.6) is 0 Å². The Morgan fingerprint density at radius 1 is 0.739 bits per heavy atom. The number of aryl methyl sites for hydroxylation is 4. The first kappa shape index (κ1) is 62.4. The number of rotatable bonds is 17. The Balaban J connectivity index is 0.000000832. The van der Waals surface area contributed by atoms with Gasteiger partial charge in [-0.05, 0) is 131 Å². The summed E-state index contributed by atoms with van der Waals surface area (Å²) in [7, 11) is 0. The van der Waals surface area contributed by atoms with Crippen molar-refractivity contribution < 1.29 is 58.6 Å². The fourth-order valence-electron chi connectivity index (χ4n) is 5.51. The molecule has 0 fully saturated rings. The Hall–Kier alpha value is -6.62. The first-order valence-electron chi connectivity index (χ1n) is 21.7. The maximum Gasteiger partial charge on any atom is 0.391 e. The number of nitro benzene ring substituents is 2. The van der Waals surface area contributed by atoms with Crippen LogP contribution in [-0.2, 0) is 30.3 Å². The van der Waals surface area contributed by atoms with Crippen LogP contribution >= 0.6 is 11.6 Å². The lowest BCUT2D eigenvalue weighted by molar-refractivity contribution is -0.387. The van der Waals surface area contributed by atoms with E-state index in [-0.39, 0.29) is 50.9 Å². The van der Waals surface area contributed by atoms with Crippen LogP contribution in [-0.4, -0.2) is 112 Å². The molecule has 10 N–H and O–H groups in total. The number of nitrogen functional groups attached to an aromatic ring is 1. The van der Waals surface area contributed by atoms with Crippen molar-refractivity contribution in [2.75, 3.05) is 80.5 Å². The maximum atomic E-state index is 12.6. The summed E-state index contributed by atoms with van der Waals surface area (Å²) in [5.41, 5.74) is 18.0. The molecule has 1 heterocycles. The van der Waals surface area contributed by atoms with E-state index in [1.165, 1.54) is 23.1 Å². The summed E-state index contributed by atoms with van der Waals surface area (Å²) in [4.78, 5) is 64.4. The number of ketones is 1. The molecule has 0 saturated heterocycles. The average Bonchev–Trinajstić information content (AvgIpc) is 3.30. The van der Waals surface area contributed by atoms with Gasteiger partial charge in [-0.3, -0.25) is 34.6 Å². The Labute approximate surface area is 405 Å². The van der Waals surface area contributed by atoms with E-state index >= 15 is 0 Å². The van der Waals surface area contributed by atoms with E-state index in [9.17, 15) is 43.8 Å². The van der Waals surface area contributed by atoms with Crippen molar-refractivity contribution in [1.29, 1.82) is 0 Å². The third-order valence-corrected chi connectivity index (χ3v) is 9.01. The number of nitrogens with zero attached hydrogens (tertiary/aromatic N) is 3. The van der Waals surface area contributed by atoms with Crippen molar-refractivity contribution >= 4 is 68.6 Å². The second-order valence-corrected chi connectivity index (χ2v) is 15.1. The van der Waals surface area contributed by atoms with E-state index in [0.717, 1.165) is 64.8 Å². The lowest BCUT2D eigenvalue weighted by Crippen LogP contribution is -2.42. The number of halogens is 2. The van der Waals surface area contributed by atoms with Crippen molar-refractivity contribution in [3.8, 4) is 0 Å². The third kappa shape index (κ3) is 25.4. The molecule has 0 aliphatic carbocycles. The van der Waals surface area contributed by atoms with E-state index in [4.69, 9.17) is 43.5 Å². The summed E-state index contributed by atoms with van der Waals surface area (Å²) in [6.07, 6.45) is 2.70. The van der Waals surface area contributed by atoms with Crippen LogP contribution in [0.15, 0.2) is 72.8 Å². The van der Waals surface area contributed by atoms with E-state index in [2.05, 4.69) is 15.4 Å². The number of nitrogens with one attached hydrogen (secondary N) is 2. The Morgan fingerprint density at radius 2 is 1.22 bits per heavy atom. The maximum absolute atomic E-state index is 12.6. The highest BCUT2D eigenvalue weighted by atomic mass is 35.5. The lowest BCUT2D eigenvalue weighted by atomic mass is 9.98. The molecule has 0 bridgehead atoms. The molecule has 1 aliphatic heterocycles. The number of carbonyl (C=O) groups excluding carboxylic acids is 4. The van der Waals surface area contributed by atoms with Gasteiger partial charge in [0.05, 0.1) is 27.8 Å². The van der Waals surface area contributed by atoms with Crippen LogP contribution in [0.1, 0.15) is 60.4 Å². The minimum atomic E-state index is -1.08. The second-order valence-electron chi connectivity index (χ2n) is 14.7. The van der Waals surface area contributed by atoms with Gasteiger partial charge in [-0.15, -0.1) is 0 Å². The number of nitrogens with two attached hydrogens (primary N) is 2. The zero-order valence-electron chi connectivity index (χ0n) is 39.5. The van der Waals surface area contributed by atoms with Crippen molar-refractivity contribution in [2.24, 2.45) is 5.73 Å². The summed E-state index contributed by atoms with van der Waals surface area (Å²) in [6, 6.07) is 20.4. The van der Waals surface area contributed by atoms with Crippen molar-refractivity contribution in [3.05, 3.63) is 127 Å². The summed E-state index contributed by atoms with van der Waals surface area (Å²) < 4.78 is 16.8. The molecule has 4 aromatic rings. The predicted octanol–water partition coefficient (Wildman–Crippen LogP) is 5.59. The highest BCUT2D eigenvalue weighted by Crippen LogP contribution is 2.28. The van der Waals surface area contributed by atoms with Gasteiger partial charge in [-0.1, -0.05) is 35.9 Å². The molecule has 0 aromatic heterocycles. The van der Waals surface area contributed by atoms with Crippen LogP contribution in [0.4, 0.5) is 38.5 Å². The van der Waals surface area contributed by atoms with E-state index in [0.29, 0.717) is 43.7 Å². The van der Waals surface area contributed by atoms with Gasteiger partial charge in [0, 0.05) is 70.3 Å². The molecule has 1 aliphatic rings. The van der Waals surface area contributed by atoms with Crippen LogP contribution in [0.2, 0.25) is 0 Å². The molecule has 5 rings (SSSR count). The van der Waals surface area contributed by atoms with Gasteiger partial charge in [0.2, 0.25) is 11.6 Å². The number of esters is 1. The van der Waals surface area contributed by atoms with E-state index < -0.39 is 38.5 Å². The molecule has 0 spiro atoms. The number of hydrogen-bond donors (Lipinski definition) is 8. The molecule has 0 saturated carbocycles. The van der Waals surface area contributed by atoms with Crippen molar-refractivity contribution in [3.63, 3.8) is 0 Å². The van der Waals surface area contributed by atoms with Gasteiger partial charge < -0.3 is 52.2 Å². The van der Waals surface area contributed by atoms with Crippen LogP contribution in [0, 0.1) is 53.7 Å². The fourth-order valence-corrected chi connectivity index (χ4v) is 5.56. The highest BCUT2D eigenvalue weighted by molar-refractivity contribution is 6.80. The zero-order valence-corrected chi connectivity index (χ0v) is 40.3. The van der Waals surface area contributed by atoms with Gasteiger partial charge in [-0.2, -0.15) is 4.39 Å². The van der Waals surface area contributed by atoms with Gasteiger partial charge in [0.15, 0.2) is 0 Å². The first-order valence-corrected chi connectivity index (χ1v) is 22.0. The molecule has 0 atom stereocenters. The number of amides is 1. The zero-order chi connectivity index (χ0) is 52.5. The number of aliphatic hydroxyl groups excluding tert-OH is 4. The van der Waals surface area contributed by atoms with E-state index in [1.807, 2.05) is 63.2 Å². The predicted molar refractivity (Wildman–Crippen MR) is 264 cm³/mol. The monoisotopic (exact) mass is 989 g/mol. The van der Waals surface area contributed by atoms with Crippen LogP contribution in [0.3, 0.4) is 0 Å².